The van der Waals surface area contributed by atoms with Gasteiger partial charge in [0, 0.05) is 31.0 Å². The molecule has 8 heteroatoms. The maximum absolute atomic E-state index is 12.7. The van der Waals surface area contributed by atoms with Crippen LogP contribution in [0.1, 0.15) is 36.4 Å². The lowest BCUT2D eigenvalue weighted by molar-refractivity contribution is 0.243. The van der Waals surface area contributed by atoms with Gasteiger partial charge in [-0.05, 0) is 49.6 Å². The molecule has 1 saturated heterocycles. The zero-order valence-electron chi connectivity index (χ0n) is 14.8. The third kappa shape index (κ3) is 3.94. The monoisotopic (exact) mass is 384 g/mol. The summed E-state index contributed by atoms with van der Waals surface area (Å²) in [7, 11) is -3.55. The molecule has 2 fully saturated rings. The summed E-state index contributed by atoms with van der Waals surface area (Å²) in [6.45, 7) is 1.29. The van der Waals surface area contributed by atoms with Crippen molar-refractivity contribution in [2.75, 3.05) is 19.7 Å². The van der Waals surface area contributed by atoms with E-state index in [1.165, 1.54) is 41.4 Å². The maximum Gasteiger partial charge on any atom is 0.243 e. The van der Waals surface area contributed by atoms with Crippen molar-refractivity contribution < 1.29 is 13.2 Å². The van der Waals surface area contributed by atoms with E-state index in [2.05, 4.69) is 10.2 Å². The number of hydrogen-bond donors (Lipinski definition) is 0. The van der Waals surface area contributed by atoms with E-state index >= 15 is 0 Å². The van der Waals surface area contributed by atoms with Gasteiger partial charge in [-0.2, -0.15) is 14.7 Å². The normalized spacial score (nSPS) is 20.3. The molecule has 0 radical (unpaired) electrons. The molecular formula is C19H20N4O3S. The molecule has 0 N–H and O–H groups in total. The molecular weight excluding hydrogens is 364 g/mol. The fourth-order valence-electron chi connectivity index (χ4n) is 3.21. The Bertz CT molecular complexity index is 948. The van der Waals surface area contributed by atoms with Gasteiger partial charge in [0.2, 0.25) is 15.9 Å². The summed E-state index contributed by atoms with van der Waals surface area (Å²) in [5.74, 6) is 1.15. The Morgan fingerprint density at radius 2 is 1.89 bits per heavy atom. The Labute approximate surface area is 158 Å². The van der Waals surface area contributed by atoms with E-state index in [0.717, 1.165) is 12.1 Å². The summed E-state index contributed by atoms with van der Waals surface area (Å²) in [6.07, 6.45) is 3.10. The first-order valence-corrected chi connectivity index (χ1v) is 10.5. The summed E-state index contributed by atoms with van der Waals surface area (Å²) in [5, 5.41) is 17.1. The summed E-state index contributed by atoms with van der Waals surface area (Å²) in [6, 6.07) is 11.8. The molecule has 7 nitrogen and oxygen atoms in total. The Balaban J connectivity index is 1.34. The molecule has 1 saturated carbocycles. The van der Waals surface area contributed by atoms with E-state index < -0.39 is 10.0 Å². The topological polar surface area (TPSA) is 96.2 Å². The Morgan fingerprint density at radius 1 is 1.11 bits per heavy atom. The van der Waals surface area contributed by atoms with Crippen LogP contribution in [0.4, 0.5) is 0 Å². The molecule has 0 spiro atoms. The highest BCUT2D eigenvalue weighted by Gasteiger charge is 2.33. The second kappa shape index (κ2) is 7.25. The van der Waals surface area contributed by atoms with Gasteiger partial charge in [0.05, 0.1) is 28.8 Å². The van der Waals surface area contributed by atoms with Gasteiger partial charge in [-0.15, -0.1) is 5.10 Å². The van der Waals surface area contributed by atoms with Crippen molar-refractivity contribution in [1.29, 1.82) is 5.26 Å². The molecule has 1 aromatic heterocycles. The third-order valence-electron chi connectivity index (χ3n) is 4.99. The van der Waals surface area contributed by atoms with Crippen LogP contribution in [0.3, 0.4) is 0 Å². The third-order valence-corrected chi connectivity index (χ3v) is 6.87. The van der Waals surface area contributed by atoms with Crippen LogP contribution in [0, 0.1) is 17.2 Å². The van der Waals surface area contributed by atoms with Crippen molar-refractivity contribution in [1.82, 2.24) is 14.5 Å². The number of sulfonamides is 1. The number of aromatic nitrogens is 2. The highest BCUT2D eigenvalue weighted by molar-refractivity contribution is 7.89. The molecule has 2 aromatic rings. The van der Waals surface area contributed by atoms with Crippen molar-refractivity contribution >= 4 is 10.0 Å². The Morgan fingerprint density at radius 3 is 2.52 bits per heavy atom. The molecule has 140 valence electrons. The molecule has 1 aliphatic carbocycles. The molecule has 0 bridgehead atoms. The summed E-state index contributed by atoms with van der Waals surface area (Å²) in [5.41, 5.74) is 1.46. The highest BCUT2D eigenvalue weighted by Crippen LogP contribution is 2.38. The maximum atomic E-state index is 12.7. The minimum absolute atomic E-state index is 0.114. The highest BCUT2D eigenvalue weighted by atomic mass is 32.2. The number of rotatable bonds is 6. The standard InChI is InChI=1S/C19H20N4O3S/c20-11-14-1-5-17(6-2-14)27(24,25)23-10-9-15(12-23)13-26-19-8-7-18(21-22-19)16-3-4-16/h1-2,5-8,15-16H,3-4,9-10,12-13H2. The van der Waals surface area contributed by atoms with Crippen LogP contribution in [0.25, 0.3) is 0 Å². The second-order valence-electron chi connectivity index (χ2n) is 7.04. The first-order chi connectivity index (χ1) is 13.1. The second-order valence-corrected chi connectivity index (χ2v) is 8.97. The van der Waals surface area contributed by atoms with Gasteiger partial charge in [-0.3, -0.25) is 0 Å². The van der Waals surface area contributed by atoms with E-state index in [0.29, 0.717) is 37.1 Å². The first kappa shape index (κ1) is 17.9. The largest absolute Gasteiger partial charge is 0.476 e. The smallest absolute Gasteiger partial charge is 0.243 e. The molecule has 2 aliphatic rings. The molecule has 1 aromatic carbocycles. The summed E-state index contributed by atoms with van der Waals surface area (Å²) in [4.78, 5) is 0.213. The minimum atomic E-state index is -3.55. The molecule has 27 heavy (non-hydrogen) atoms. The van der Waals surface area contributed by atoms with E-state index in [1.807, 2.05) is 18.2 Å². The van der Waals surface area contributed by atoms with E-state index in [-0.39, 0.29) is 10.8 Å². The number of ether oxygens (including phenoxy) is 1. The van der Waals surface area contributed by atoms with Crippen molar-refractivity contribution in [2.45, 2.75) is 30.1 Å². The fourth-order valence-corrected chi connectivity index (χ4v) is 4.74. The lowest BCUT2D eigenvalue weighted by atomic mass is 10.1. The van der Waals surface area contributed by atoms with Crippen LogP contribution < -0.4 is 4.74 Å². The van der Waals surface area contributed by atoms with Gasteiger partial charge in [0.1, 0.15) is 0 Å². The van der Waals surface area contributed by atoms with Crippen molar-refractivity contribution in [3.63, 3.8) is 0 Å². The SMILES string of the molecule is N#Cc1ccc(S(=O)(=O)N2CCC(COc3ccc(C4CC4)nn3)C2)cc1. The minimum Gasteiger partial charge on any atom is -0.476 e. The average Bonchev–Trinajstić information content (AvgIpc) is 3.44. The van der Waals surface area contributed by atoms with Crippen molar-refractivity contribution in [3.8, 4) is 11.9 Å². The fraction of sp³-hybridized carbons (Fsp3) is 0.421. The first-order valence-electron chi connectivity index (χ1n) is 9.03. The molecule has 1 aliphatic heterocycles. The van der Waals surface area contributed by atoms with E-state index in [9.17, 15) is 8.42 Å². The van der Waals surface area contributed by atoms with Gasteiger partial charge < -0.3 is 4.74 Å². The van der Waals surface area contributed by atoms with Crippen molar-refractivity contribution in [3.05, 3.63) is 47.7 Å². The molecule has 1 atom stereocenters. The zero-order valence-corrected chi connectivity index (χ0v) is 15.6. The number of nitrogens with zero attached hydrogens (tertiary/aromatic N) is 4. The zero-order chi connectivity index (χ0) is 18.9. The van der Waals surface area contributed by atoms with Crippen LogP contribution in [0.15, 0.2) is 41.3 Å². The van der Waals surface area contributed by atoms with Crippen LogP contribution in [-0.2, 0) is 10.0 Å². The van der Waals surface area contributed by atoms with Crippen LogP contribution in [-0.4, -0.2) is 42.6 Å². The van der Waals surface area contributed by atoms with Crippen LogP contribution >= 0.6 is 0 Å². The average molecular weight is 384 g/mol. The van der Waals surface area contributed by atoms with Crippen molar-refractivity contribution in [2.24, 2.45) is 5.92 Å². The summed E-state index contributed by atoms with van der Waals surface area (Å²) < 4.78 is 32.7. The van der Waals surface area contributed by atoms with Crippen LogP contribution in [0.5, 0.6) is 5.88 Å². The van der Waals surface area contributed by atoms with E-state index in [4.69, 9.17) is 10.00 Å². The van der Waals surface area contributed by atoms with E-state index in [1.54, 1.807) is 0 Å². The lowest BCUT2D eigenvalue weighted by Crippen LogP contribution is -2.29. The molecule has 1 unspecified atom stereocenters. The number of nitriles is 1. The predicted molar refractivity (Wildman–Crippen MR) is 97.5 cm³/mol. The molecule has 2 heterocycles. The lowest BCUT2D eigenvalue weighted by Gasteiger charge is -2.17. The van der Waals surface area contributed by atoms with Gasteiger partial charge in [-0.1, -0.05) is 0 Å². The Kier molecular flexibility index (Phi) is 4.81. The number of hydrogen-bond acceptors (Lipinski definition) is 6. The number of benzene rings is 1. The molecule has 0 amide bonds. The van der Waals surface area contributed by atoms with Gasteiger partial charge in [-0.25, -0.2) is 8.42 Å². The predicted octanol–water partition coefficient (Wildman–Crippen LogP) is 2.32. The van der Waals surface area contributed by atoms with Gasteiger partial charge >= 0.3 is 0 Å². The van der Waals surface area contributed by atoms with Crippen LogP contribution in [0.2, 0.25) is 0 Å². The van der Waals surface area contributed by atoms with Gasteiger partial charge in [0.25, 0.3) is 0 Å². The van der Waals surface area contributed by atoms with Gasteiger partial charge in [0.15, 0.2) is 0 Å². The Hall–Kier alpha value is -2.50. The quantitative estimate of drug-likeness (QED) is 0.758. The molecule has 4 rings (SSSR count). The summed E-state index contributed by atoms with van der Waals surface area (Å²) >= 11 is 0.